The van der Waals surface area contributed by atoms with Crippen LogP contribution in [0.15, 0.2) is 24.5 Å². The smallest absolute Gasteiger partial charge is 0.241 e. The fraction of sp³-hybridized carbons (Fsp3) is 0.500. The summed E-state index contributed by atoms with van der Waals surface area (Å²) in [5.41, 5.74) is 1.39. The number of aryl methyl sites for hydroxylation is 2. The summed E-state index contributed by atoms with van der Waals surface area (Å²) in [6.07, 6.45) is 7.55. The van der Waals surface area contributed by atoms with E-state index in [1.807, 2.05) is 13.0 Å². The molecule has 2 atom stereocenters. The molecule has 1 N–H and O–H groups in total. The van der Waals surface area contributed by atoms with Crippen molar-refractivity contribution in [2.75, 3.05) is 5.32 Å². The second-order valence-electron chi connectivity index (χ2n) is 6.64. The molecule has 24 heavy (non-hydrogen) atoms. The van der Waals surface area contributed by atoms with Crippen molar-refractivity contribution < 1.29 is 9.53 Å². The van der Waals surface area contributed by atoms with Gasteiger partial charge in [0.1, 0.15) is 11.4 Å². The third kappa shape index (κ3) is 3.58. The lowest BCUT2D eigenvalue weighted by molar-refractivity contribution is -0.121. The zero-order valence-electron chi connectivity index (χ0n) is 14.5. The minimum Gasteiger partial charge on any atom is -0.436 e. The molecule has 0 unspecified atom stereocenters. The van der Waals surface area contributed by atoms with Gasteiger partial charge in [0.25, 0.3) is 0 Å². The number of anilines is 1. The number of aromatic nitrogens is 3. The van der Waals surface area contributed by atoms with Crippen LogP contribution in [0.25, 0.3) is 0 Å². The van der Waals surface area contributed by atoms with Crippen molar-refractivity contribution in [2.45, 2.75) is 39.5 Å². The molecule has 0 spiro atoms. The van der Waals surface area contributed by atoms with E-state index in [0.717, 1.165) is 25.0 Å². The highest BCUT2D eigenvalue weighted by Gasteiger charge is 2.27. The fourth-order valence-corrected chi connectivity index (χ4v) is 3.31. The van der Waals surface area contributed by atoms with Crippen LogP contribution in [0.1, 0.15) is 38.3 Å². The molecule has 128 valence electrons. The molecule has 1 aliphatic carbocycles. The predicted octanol–water partition coefficient (Wildman–Crippen LogP) is 3.68. The van der Waals surface area contributed by atoms with Crippen molar-refractivity contribution in [3.8, 4) is 11.6 Å². The van der Waals surface area contributed by atoms with Gasteiger partial charge < -0.3 is 10.1 Å². The monoisotopic (exact) mass is 328 g/mol. The molecule has 1 amide bonds. The third-order valence-corrected chi connectivity index (χ3v) is 4.57. The summed E-state index contributed by atoms with van der Waals surface area (Å²) in [5.74, 6) is 1.88. The molecule has 2 heterocycles. The Bertz CT molecular complexity index is 711. The molecule has 0 aromatic carbocycles. The highest BCUT2D eigenvalue weighted by molar-refractivity contribution is 5.94. The molecule has 0 bridgehead atoms. The Balaban J connectivity index is 1.79. The number of nitrogens with zero attached hydrogens (tertiary/aromatic N) is 3. The average molecular weight is 328 g/mol. The minimum atomic E-state index is 0.0636. The molecular weight excluding hydrogens is 304 g/mol. The summed E-state index contributed by atoms with van der Waals surface area (Å²) in [6.45, 7) is 4.08. The number of carbonyl (C=O) groups is 1. The summed E-state index contributed by atoms with van der Waals surface area (Å²) >= 11 is 0. The van der Waals surface area contributed by atoms with Gasteiger partial charge in [0.15, 0.2) is 0 Å². The second kappa shape index (κ2) is 7.03. The van der Waals surface area contributed by atoms with E-state index in [1.54, 1.807) is 30.2 Å². The lowest BCUT2D eigenvalue weighted by atomic mass is 9.82. The van der Waals surface area contributed by atoms with Gasteiger partial charge in [-0.25, -0.2) is 4.68 Å². The lowest BCUT2D eigenvalue weighted by Crippen LogP contribution is -2.27. The van der Waals surface area contributed by atoms with Gasteiger partial charge in [-0.15, -0.1) is 0 Å². The number of hydrogen-bond acceptors (Lipinski definition) is 4. The standard InChI is InChI=1S/C18H24N4O2/c1-12-6-4-7-14(10-12)17(23)20-16-13(2)21-22(3)18(16)24-15-8-5-9-19-11-15/h5,8-9,11-12,14H,4,6-7,10H2,1-3H3,(H,20,23)/t12-,14+/m1/s1. The van der Waals surface area contributed by atoms with E-state index in [-0.39, 0.29) is 11.8 Å². The summed E-state index contributed by atoms with van der Waals surface area (Å²) in [5, 5.41) is 7.42. The van der Waals surface area contributed by atoms with E-state index < -0.39 is 0 Å². The normalized spacial score (nSPS) is 20.6. The van der Waals surface area contributed by atoms with Crippen molar-refractivity contribution >= 4 is 11.6 Å². The van der Waals surface area contributed by atoms with Gasteiger partial charge in [-0.3, -0.25) is 9.78 Å². The zero-order valence-corrected chi connectivity index (χ0v) is 14.5. The van der Waals surface area contributed by atoms with E-state index in [4.69, 9.17) is 4.74 Å². The number of hydrogen-bond donors (Lipinski definition) is 1. The predicted molar refractivity (Wildman–Crippen MR) is 92.0 cm³/mol. The summed E-state index contributed by atoms with van der Waals surface area (Å²) in [6, 6.07) is 3.63. The number of pyridine rings is 1. The van der Waals surface area contributed by atoms with Crippen LogP contribution in [0.4, 0.5) is 5.69 Å². The Morgan fingerprint density at radius 1 is 1.42 bits per heavy atom. The largest absolute Gasteiger partial charge is 0.436 e. The molecule has 0 aliphatic heterocycles. The SMILES string of the molecule is Cc1nn(C)c(Oc2cccnc2)c1NC(=O)[C@H]1CCC[C@@H](C)C1. The first-order chi connectivity index (χ1) is 11.5. The average Bonchev–Trinajstić information content (AvgIpc) is 2.83. The lowest BCUT2D eigenvalue weighted by Gasteiger charge is -2.25. The van der Waals surface area contributed by atoms with Crippen molar-refractivity contribution in [3.63, 3.8) is 0 Å². The molecule has 6 nitrogen and oxygen atoms in total. The molecule has 0 saturated heterocycles. The Morgan fingerprint density at radius 3 is 2.96 bits per heavy atom. The molecular formula is C18H24N4O2. The summed E-state index contributed by atoms with van der Waals surface area (Å²) < 4.78 is 7.53. The molecule has 1 fully saturated rings. The van der Waals surface area contributed by atoms with Crippen molar-refractivity contribution in [2.24, 2.45) is 18.9 Å². The van der Waals surface area contributed by atoms with Crippen LogP contribution in [-0.4, -0.2) is 20.7 Å². The molecule has 0 radical (unpaired) electrons. The fourth-order valence-electron chi connectivity index (χ4n) is 3.31. The van der Waals surface area contributed by atoms with Crippen LogP contribution < -0.4 is 10.1 Å². The number of carbonyl (C=O) groups excluding carboxylic acids is 1. The summed E-state index contributed by atoms with van der Waals surface area (Å²) in [4.78, 5) is 16.7. The first-order valence-electron chi connectivity index (χ1n) is 8.47. The quantitative estimate of drug-likeness (QED) is 0.929. The van der Waals surface area contributed by atoms with Gasteiger partial charge in [0, 0.05) is 19.2 Å². The van der Waals surface area contributed by atoms with E-state index in [9.17, 15) is 4.79 Å². The van der Waals surface area contributed by atoms with Crippen molar-refractivity contribution in [1.29, 1.82) is 0 Å². The van der Waals surface area contributed by atoms with Crippen LogP contribution in [0, 0.1) is 18.8 Å². The van der Waals surface area contributed by atoms with E-state index >= 15 is 0 Å². The number of ether oxygens (including phenoxy) is 1. The van der Waals surface area contributed by atoms with Crippen molar-refractivity contribution in [1.82, 2.24) is 14.8 Å². The second-order valence-corrected chi connectivity index (χ2v) is 6.64. The Hall–Kier alpha value is -2.37. The Morgan fingerprint density at radius 2 is 2.25 bits per heavy atom. The molecule has 3 rings (SSSR count). The van der Waals surface area contributed by atoms with Crippen LogP contribution in [-0.2, 0) is 11.8 Å². The number of nitrogens with one attached hydrogen (secondary N) is 1. The first-order valence-corrected chi connectivity index (χ1v) is 8.47. The molecule has 2 aromatic heterocycles. The van der Waals surface area contributed by atoms with Gasteiger partial charge >= 0.3 is 0 Å². The maximum atomic E-state index is 12.7. The topological polar surface area (TPSA) is 69.0 Å². The van der Waals surface area contributed by atoms with Gasteiger partial charge in [-0.1, -0.05) is 19.8 Å². The number of rotatable bonds is 4. The van der Waals surface area contributed by atoms with Crippen LogP contribution in [0.2, 0.25) is 0 Å². The third-order valence-electron chi connectivity index (χ3n) is 4.57. The van der Waals surface area contributed by atoms with Crippen LogP contribution >= 0.6 is 0 Å². The highest BCUT2D eigenvalue weighted by atomic mass is 16.5. The minimum absolute atomic E-state index is 0.0636. The summed E-state index contributed by atoms with van der Waals surface area (Å²) in [7, 11) is 1.80. The first kappa shape index (κ1) is 16.5. The highest BCUT2D eigenvalue weighted by Crippen LogP contribution is 2.34. The molecule has 1 saturated carbocycles. The van der Waals surface area contributed by atoms with Crippen LogP contribution in [0.3, 0.4) is 0 Å². The van der Waals surface area contributed by atoms with E-state index in [2.05, 4.69) is 22.3 Å². The Labute approximate surface area is 142 Å². The maximum absolute atomic E-state index is 12.7. The molecule has 1 aliphatic rings. The maximum Gasteiger partial charge on any atom is 0.241 e. The van der Waals surface area contributed by atoms with Gasteiger partial charge in [-0.05, 0) is 37.8 Å². The van der Waals surface area contributed by atoms with E-state index in [0.29, 0.717) is 23.2 Å². The van der Waals surface area contributed by atoms with Gasteiger partial charge in [0.05, 0.1) is 11.9 Å². The molecule has 2 aromatic rings. The van der Waals surface area contributed by atoms with E-state index in [1.165, 1.54) is 6.42 Å². The van der Waals surface area contributed by atoms with Gasteiger partial charge in [0.2, 0.25) is 11.8 Å². The zero-order chi connectivity index (χ0) is 17.1. The van der Waals surface area contributed by atoms with Crippen molar-refractivity contribution in [3.05, 3.63) is 30.2 Å². The Kier molecular flexibility index (Phi) is 4.83. The molecule has 6 heteroatoms. The van der Waals surface area contributed by atoms with Gasteiger partial charge in [-0.2, -0.15) is 5.10 Å². The number of amides is 1. The van der Waals surface area contributed by atoms with Crippen LogP contribution in [0.5, 0.6) is 11.6 Å².